The highest BCUT2D eigenvalue weighted by Crippen LogP contribution is 2.20. The standard InChI is InChI=1S/C19H24N2O.BrH/c1-20-12-10-16(11-13-20)21(2)14-19(22)18-9-5-7-15-6-3-4-8-17(15)18;/h3-9,16H,10-14H2,1-2H3;1H. The minimum Gasteiger partial charge on any atom is -0.306 e. The van der Waals surface area contributed by atoms with Gasteiger partial charge in [-0.25, -0.2) is 0 Å². The molecule has 3 rings (SSSR count). The maximum Gasteiger partial charge on any atom is 0.177 e. The summed E-state index contributed by atoms with van der Waals surface area (Å²) in [7, 11) is 4.25. The van der Waals surface area contributed by atoms with Gasteiger partial charge in [0.15, 0.2) is 5.78 Å². The van der Waals surface area contributed by atoms with Crippen LogP contribution in [0.25, 0.3) is 10.8 Å². The quantitative estimate of drug-likeness (QED) is 0.761. The minimum absolute atomic E-state index is 0. The maximum atomic E-state index is 12.7. The highest BCUT2D eigenvalue weighted by Gasteiger charge is 2.22. The molecule has 0 N–H and O–H groups in total. The molecule has 0 amide bonds. The largest absolute Gasteiger partial charge is 0.306 e. The Kier molecular flexibility index (Phi) is 6.33. The minimum atomic E-state index is 0. The molecule has 1 heterocycles. The number of Topliss-reactive ketones (excluding diaryl/α,β-unsaturated/α-hetero) is 1. The molecule has 4 heteroatoms. The fourth-order valence-corrected chi connectivity index (χ4v) is 3.35. The van der Waals surface area contributed by atoms with E-state index in [0.717, 1.165) is 42.3 Å². The molecule has 3 nitrogen and oxygen atoms in total. The van der Waals surface area contributed by atoms with Crippen molar-refractivity contribution in [3.05, 3.63) is 48.0 Å². The molecule has 1 aliphatic heterocycles. The first kappa shape index (κ1) is 18.1. The molecule has 2 aromatic carbocycles. The third-order valence-electron chi connectivity index (χ3n) is 4.79. The van der Waals surface area contributed by atoms with Gasteiger partial charge in [0, 0.05) is 11.6 Å². The van der Waals surface area contributed by atoms with Crippen molar-refractivity contribution in [1.29, 1.82) is 0 Å². The van der Waals surface area contributed by atoms with Crippen molar-refractivity contribution in [1.82, 2.24) is 9.80 Å². The van der Waals surface area contributed by atoms with Crippen LogP contribution >= 0.6 is 17.0 Å². The molecular formula is C19H25BrN2O. The molecule has 2 aromatic rings. The number of piperidine rings is 1. The maximum absolute atomic E-state index is 12.7. The van der Waals surface area contributed by atoms with Gasteiger partial charge in [0.2, 0.25) is 0 Å². The zero-order valence-corrected chi connectivity index (χ0v) is 15.6. The first-order chi connectivity index (χ1) is 10.6. The molecule has 0 aromatic heterocycles. The van der Waals surface area contributed by atoms with E-state index < -0.39 is 0 Å². The van der Waals surface area contributed by atoms with Gasteiger partial charge in [-0.1, -0.05) is 42.5 Å². The lowest BCUT2D eigenvalue weighted by Crippen LogP contribution is -2.43. The van der Waals surface area contributed by atoms with Crippen molar-refractivity contribution >= 4 is 33.5 Å². The Morgan fingerprint density at radius 2 is 1.78 bits per heavy atom. The lowest BCUT2D eigenvalue weighted by Gasteiger charge is -2.34. The Hall–Kier alpha value is -1.23. The molecule has 0 saturated carbocycles. The summed E-state index contributed by atoms with van der Waals surface area (Å²) in [6.45, 7) is 2.75. The zero-order chi connectivity index (χ0) is 15.5. The second kappa shape index (κ2) is 8.04. The Bertz CT molecular complexity index is 660. The molecule has 0 spiro atoms. The number of fused-ring (bicyclic) bond motifs is 1. The van der Waals surface area contributed by atoms with Gasteiger partial charge in [-0.15, -0.1) is 17.0 Å². The Morgan fingerprint density at radius 3 is 2.52 bits per heavy atom. The normalized spacial score (nSPS) is 16.5. The van der Waals surface area contributed by atoms with Crippen LogP contribution in [0.1, 0.15) is 23.2 Å². The van der Waals surface area contributed by atoms with Crippen LogP contribution in [0.15, 0.2) is 42.5 Å². The Morgan fingerprint density at radius 1 is 1.13 bits per heavy atom. The van der Waals surface area contributed by atoms with Crippen molar-refractivity contribution < 1.29 is 4.79 Å². The van der Waals surface area contributed by atoms with Crippen LogP contribution in [0.4, 0.5) is 0 Å². The van der Waals surface area contributed by atoms with E-state index in [1.54, 1.807) is 0 Å². The number of rotatable bonds is 4. The predicted octanol–water partition coefficient (Wildman–Crippen LogP) is 3.63. The molecule has 1 fully saturated rings. The van der Waals surface area contributed by atoms with E-state index in [1.165, 1.54) is 0 Å². The van der Waals surface area contributed by atoms with Crippen molar-refractivity contribution in [2.75, 3.05) is 33.7 Å². The smallest absolute Gasteiger partial charge is 0.177 e. The number of hydrogen-bond donors (Lipinski definition) is 0. The molecule has 0 radical (unpaired) electrons. The third kappa shape index (κ3) is 4.19. The number of nitrogens with zero attached hydrogens (tertiary/aromatic N) is 2. The van der Waals surface area contributed by atoms with E-state index in [0.29, 0.717) is 12.6 Å². The summed E-state index contributed by atoms with van der Waals surface area (Å²) in [5, 5.41) is 2.20. The SMILES string of the molecule is Br.CN1CCC(N(C)CC(=O)c2cccc3ccccc23)CC1. The average molecular weight is 377 g/mol. The predicted molar refractivity (Wildman–Crippen MR) is 102 cm³/mol. The zero-order valence-electron chi connectivity index (χ0n) is 13.9. The number of carbonyl (C=O) groups excluding carboxylic acids is 1. The number of ketones is 1. The van der Waals surface area contributed by atoms with Crippen molar-refractivity contribution in [3.8, 4) is 0 Å². The van der Waals surface area contributed by atoms with Gasteiger partial charge in [-0.3, -0.25) is 9.69 Å². The van der Waals surface area contributed by atoms with Crippen LogP contribution in [0.5, 0.6) is 0 Å². The van der Waals surface area contributed by atoms with Gasteiger partial charge in [0.25, 0.3) is 0 Å². The topological polar surface area (TPSA) is 23.6 Å². The number of likely N-dealkylation sites (N-methyl/N-ethyl adjacent to an activating group) is 1. The molecule has 1 aliphatic rings. The van der Waals surface area contributed by atoms with Crippen molar-refractivity contribution in [2.45, 2.75) is 18.9 Å². The summed E-state index contributed by atoms with van der Waals surface area (Å²) in [4.78, 5) is 17.3. The summed E-state index contributed by atoms with van der Waals surface area (Å²) in [5.41, 5.74) is 0.845. The molecular weight excluding hydrogens is 352 g/mol. The molecule has 124 valence electrons. The first-order valence-corrected chi connectivity index (χ1v) is 8.05. The molecule has 1 saturated heterocycles. The van der Waals surface area contributed by atoms with Gasteiger partial charge >= 0.3 is 0 Å². The van der Waals surface area contributed by atoms with Gasteiger partial charge in [0.05, 0.1) is 6.54 Å². The third-order valence-corrected chi connectivity index (χ3v) is 4.79. The van der Waals surface area contributed by atoms with Crippen LogP contribution in [-0.4, -0.2) is 55.4 Å². The van der Waals surface area contributed by atoms with Crippen molar-refractivity contribution in [2.24, 2.45) is 0 Å². The van der Waals surface area contributed by atoms with Crippen LogP contribution in [-0.2, 0) is 0 Å². The molecule has 23 heavy (non-hydrogen) atoms. The Balaban J connectivity index is 0.00000192. The van der Waals surface area contributed by atoms with Gasteiger partial charge < -0.3 is 4.90 Å². The fraction of sp³-hybridized carbons (Fsp3) is 0.421. The van der Waals surface area contributed by atoms with E-state index in [1.807, 2.05) is 30.3 Å². The summed E-state index contributed by atoms with van der Waals surface area (Å²) < 4.78 is 0. The van der Waals surface area contributed by atoms with E-state index in [9.17, 15) is 4.79 Å². The van der Waals surface area contributed by atoms with Gasteiger partial charge in [-0.05, 0) is 50.8 Å². The fourth-order valence-electron chi connectivity index (χ4n) is 3.35. The van der Waals surface area contributed by atoms with Crippen LogP contribution in [0, 0.1) is 0 Å². The first-order valence-electron chi connectivity index (χ1n) is 8.05. The summed E-state index contributed by atoms with van der Waals surface area (Å²) in [6.07, 6.45) is 2.30. The number of benzene rings is 2. The van der Waals surface area contributed by atoms with Gasteiger partial charge in [-0.2, -0.15) is 0 Å². The van der Waals surface area contributed by atoms with E-state index in [2.05, 4.69) is 36.0 Å². The molecule has 0 atom stereocenters. The molecule has 0 aliphatic carbocycles. The van der Waals surface area contributed by atoms with Crippen LogP contribution in [0.3, 0.4) is 0 Å². The summed E-state index contributed by atoms with van der Waals surface area (Å²) in [5.74, 6) is 0.221. The number of hydrogen-bond acceptors (Lipinski definition) is 3. The highest BCUT2D eigenvalue weighted by atomic mass is 79.9. The van der Waals surface area contributed by atoms with Gasteiger partial charge in [0.1, 0.15) is 0 Å². The van der Waals surface area contributed by atoms with E-state index >= 15 is 0 Å². The molecule has 0 bridgehead atoms. The van der Waals surface area contributed by atoms with Crippen LogP contribution < -0.4 is 0 Å². The second-order valence-electron chi connectivity index (χ2n) is 6.40. The number of halogens is 1. The second-order valence-corrected chi connectivity index (χ2v) is 6.40. The number of likely N-dealkylation sites (tertiary alicyclic amines) is 1. The lowest BCUT2D eigenvalue weighted by atomic mass is 9.99. The summed E-state index contributed by atoms with van der Waals surface area (Å²) in [6, 6.07) is 14.6. The highest BCUT2D eigenvalue weighted by molar-refractivity contribution is 8.93. The van der Waals surface area contributed by atoms with E-state index in [-0.39, 0.29) is 22.8 Å². The summed E-state index contributed by atoms with van der Waals surface area (Å²) >= 11 is 0. The molecule has 0 unspecified atom stereocenters. The van der Waals surface area contributed by atoms with E-state index in [4.69, 9.17) is 0 Å². The average Bonchev–Trinajstić information content (AvgIpc) is 2.54. The number of carbonyl (C=O) groups is 1. The Labute approximate surface area is 149 Å². The van der Waals surface area contributed by atoms with Crippen molar-refractivity contribution in [3.63, 3.8) is 0 Å². The monoisotopic (exact) mass is 376 g/mol. The lowest BCUT2D eigenvalue weighted by molar-refractivity contribution is 0.0873. The van der Waals surface area contributed by atoms with Crippen LogP contribution in [0.2, 0.25) is 0 Å².